The van der Waals surface area contributed by atoms with Gasteiger partial charge in [-0.1, -0.05) is 113 Å². The lowest BCUT2D eigenvalue weighted by atomic mass is 9.87. The van der Waals surface area contributed by atoms with E-state index in [1.807, 2.05) is 0 Å². The molecule has 0 fully saturated rings. The Kier molecular flexibility index (Phi) is 8.25. The van der Waals surface area contributed by atoms with Gasteiger partial charge in [0.1, 0.15) is 6.17 Å². The standard InChI is InChI=1S/C29H46N2/c1-18(2)22-14-12-15-23(19(3)4)26(22)30-28(29(9,10)11)31-27-24(20(5)6)16-13-17-25(27)21(7)8/h12-21,28,30-31H,1-11H3. The van der Waals surface area contributed by atoms with Gasteiger partial charge >= 0.3 is 0 Å². The Morgan fingerprint density at radius 2 is 0.774 bits per heavy atom. The number of benzene rings is 2. The fraction of sp³-hybridized carbons (Fsp3) is 0.586. The van der Waals surface area contributed by atoms with Gasteiger partial charge in [0.15, 0.2) is 0 Å². The molecule has 0 radical (unpaired) electrons. The van der Waals surface area contributed by atoms with E-state index in [1.165, 1.54) is 33.6 Å². The van der Waals surface area contributed by atoms with Crippen molar-refractivity contribution in [1.29, 1.82) is 0 Å². The van der Waals surface area contributed by atoms with Gasteiger partial charge in [0.25, 0.3) is 0 Å². The summed E-state index contributed by atoms with van der Waals surface area (Å²) in [4.78, 5) is 0. The van der Waals surface area contributed by atoms with Crippen LogP contribution >= 0.6 is 0 Å². The largest absolute Gasteiger partial charge is 0.364 e. The second-order valence-electron chi connectivity index (χ2n) is 11.3. The molecule has 0 aliphatic rings. The summed E-state index contributed by atoms with van der Waals surface area (Å²) in [7, 11) is 0. The van der Waals surface area contributed by atoms with Crippen LogP contribution in [0.5, 0.6) is 0 Å². The minimum absolute atomic E-state index is 0.0245. The van der Waals surface area contributed by atoms with E-state index in [1.54, 1.807) is 0 Å². The third-order valence-corrected chi connectivity index (χ3v) is 6.19. The van der Waals surface area contributed by atoms with Crippen molar-refractivity contribution >= 4 is 11.4 Å². The third kappa shape index (κ3) is 6.05. The molecule has 0 aliphatic carbocycles. The molecule has 0 amide bonds. The van der Waals surface area contributed by atoms with Crippen molar-refractivity contribution in [2.75, 3.05) is 10.6 Å². The molecule has 0 saturated heterocycles. The highest BCUT2D eigenvalue weighted by Gasteiger charge is 2.29. The average Bonchev–Trinajstić information content (AvgIpc) is 2.66. The monoisotopic (exact) mass is 422 g/mol. The summed E-state index contributed by atoms with van der Waals surface area (Å²) in [6, 6.07) is 13.5. The maximum atomic E-state index is 3.99. The van der Waals surface area contributed by atoms with Gasteiger partial charge in [-0.15, -0.1) is 0 Å². The van der Waals surface area contributed by atoms with Crippen LogP contribution < -0.4 is 10.6 Å². The number of nitrogens with one attached hydrogen (secondary N) is 2. The zero-order valence-corrected chi connectivity index (χ0v) is 21.9. The smallest absolute Gasteiger partial charge is 0.101 e. The van der Waals surface area contributed by atoms with Crippen LogP contribution in [0.3, 0.4) is 0 Å². The topological polar surface area (TPSA) is 24.1 Å². The van der Waals surface area contributed by atoms with Gasteiger partial charge in [-0.05, 0) is 45.9 Å². The Morgan fingerprint density at radius 3 is 0.968 bits per heavy atom. The van der Waals surface area contributed by atoms with Gasteiger partial charge in [0.05, 0.1) is 0 Å². The normalized spacial score (nSPS) is 12.5. The molecule has 2 aromatic rings. The molecular formula is C29H46N2. The van der Waals surface area contributed by atoms with Gasteiger partial charge in [-0.25, -0.2) is 0 Å². The first-order chi connectivity index (χ1) is 14.3. The minimum atomic E-state index is 0.0245. The molecule has 31 heavy (non-hydrogen) atoms. The van der Waals surface area contributed by atoms with Crippen LogP contribution in [0.2, 0.25) is 0 Å². The molecule has 0 saturated carbocycles. The lowest BCUT2D eigenvalue weighted by molar-refractivity contribution is 0.366. The first-order valence-electron chi connectivity index (χ1n) is 12.1. The van der Waals surface area contributed by atoms with Gasteiger partial charge < -0.3 is 10.6 Å². The molecule has 172 valence electrons. The highest BCUT2D eigenvalue weighted by atomic mass is 15.1. The summed E-state index contributed by atoms with van der Waals surface area (Å²) in [6.45, 7) is 25.2. The first-order valence-corrected chi connectivity index (χ1v) is 12.1. The molecule has 0 bridgehead atoms. The van der Waals surface area contributed by atoms with E-state index in [0.717, 1.165) is 0 Å². The van der Waals surface area contributed by atoms with Crippen LogP contribution in [0.4, 0.5) is 11.4 Å². The van der Waals surface area contributed by atoms with Crippen molar-refractivity contribution in [3.05, 3.63) is 58.7 Å². The lowest BCUT2D eigenvalue weighted by Crippen LogP contribution is -2.42. The predicted molar refractivity (Wildman–Crippen MR) is 140 cm³/mol. The van der Waals surface area contributed by atoms with Crippen molar-refractivity contribution in [3.8, 4) is 0 Å². The fourth-order valence-electron chi connectivity index (χ4n) is 4.19. The molecule has 2 heteroatoms. The summed E-state index contributed by atoms with van der Waals surface area (Å²) >= 11 is 0. The number of para-hydroxylation sites is 2. The maximum absolute atomic E-state index is 3.99. The second-order valence-corrected chi connectivity index (χ2v) is 11.3. The summed E-state index contributed by atoms with van der Waals surface area (Å²) < 4.78 is 0. The van der Waals surface area contributed by atoms with Crippen LogP contribution in [0.15, 0.2) is 36.4 Å². The Morgan fingerprint density at radius 1 is 0.516 bits per heavy atom. The number of anilines is 2. The van der Waals surface area contributed by atoms with E-state index in [9.17, 15) is 0 Å². The Balaban J connectivity index is 2.60. The zero-order valence-electron chi connectivity index (χ0n) is 21.9. The van der Waals surface area contributed by atoms with E-state index in [0.29, 0.717) is 23.7 Å². The Bertz CT molecular complexity index is 736. The summed E-state index contributed by atoms with van der Waals surface area (Å²) in [5.41, 5.74) is 8.19. The molecular weight excluding hydrogens is 376 g/mol. The van der Waals surface area contributed by atoms with E-state index >= 15 is 0 Å². The van der Waals surface area contributed by atoms with E-state index in [4.69, 9.17) is 0 Å². The average molecular weight is 423 g/mol. The van der Waals surface area contributed by atoms with Gasteiger partial charge in [0, 0.05) is 16.8 Å². The van der Waals surface area contributed by atoms with Crippen molar-refractivity contribution in [2.24, 2.45) is 5.41 Å². The molecule has 2 rings (SSSR count). The summed E-state index contributed by atoms with van der Waals surface area (Å²) in [5.74, 6) is 1.87. The first kappa shape index (κ1) is 25.3. The van der Waals surface area contributed by atoms with Crippen molar-refractivity contribution < 1.29 is 0 Å². The molecule has 0 unspecified atom stereocenters. The summed E-state index contributed by atoms with van der Waals surface area (Å²) in [6.07, 6.45) is 0.0994. The van der Waals surface area contributed by atoms with Crippen molar-refractivity contribution in [2.45, 2.75) is 106 Å². The fourth-order valence-corrected chi connectivity index (χ4v) is 4.19. The number of rotatable bonds is 8. The maximum Gasteiger partial charge on any atom is 0.101 e. The van der Waals surface area contributed by atoms with Gasteiger partial charge in [-0.2, -0.15) is 0 Å². The van der Waals surface area contributed by atoms with Crippen LogP contribution in [0, 0.1) is 5.41 Å². The van der Waals surface area contributed by atoms with Crippen LogP contribution in [0.1, 0.15) is 122 Å². The van der Waals surface area contributed by atoms with Crippen LogP contribution in [0.25, 0.3) is 0 Å². The number of hydrogen-bond donors (Lipinski definition) is 2. The SMILES string of the molecule is CC(C)c1cccc(C(C)C)c1NC(Nc1c(C(C)C)cccc1C(C)C)C(C)(C)C. The molecule has 0 aliphatic heterocycles. The predicted octanol–water partition coefficient (Wildman–Crippen LogP) is 9.08. The molecule has 0 heterocycles. The van der Waals surface area contributed by atoms with E-state index < -0.39 is 0 Å². The molecule has 0 atom stereocenters. The van der Waals surface area contributed by atoms with Gasteiger partial charge in [-0.3, -0.25) is 0 Å². The zero-order chi connectivity index (χ0) is 23.5. The number of hydrogen-bond acceptors (Lipinski definition) is 2. The highest BCUT2D eigenvalue weighted by Crippen LogP contribution is 2.38. The van der Waals surface area contributed by atoms with Crippen molar-refractivity contribution in [1.82, 2.24) is 0 Å². The Hall–Kier alpha value is -1.96. The molecule has 2 aromatic carbocycles. The Labute approximate surface area is 192 Å². The molecule has 2 nitrogen and oxygen atoms in total. The van der Waals surface area contributed by atoms with Gasteiger partial charge in [0.2, 0.25) is 0 Å². The third-order valence-electron chi connectivity index (χ3n) is 6.19. The van der Waals surface area contributed by atoms with E-state index in [2.05, 4.69) is 123 Å². The van der Waals surface area contributed by atoms with Crippen molar-refractivity contribution in [3.63, 3.8) is 0 Å². The highest BCUT2D eigenvalue weighted by molar-refractivity contribution is 5.65. The molecule has 0 spiro atoms. The van der Waals surface area contributed by atoms with Crippen LogP contribution in [-0.4, -0.2) is 6.17 Å². The quantitative estimate of drug-likeness (QED) is 0.414. The lowest BCUT2D eigenvalue weighted by Gasteiger charge is -2.37. The molecule has 0 aromatic heterocycles. The second kappa shape index (κ2) is 10.1. The minimum Gasteiger partial charge on any atom is -0.364 e. The van der Waals surface area contributed by atoms with Crippen LogP contribution in [-0.2, 0) is 0 Å². The van der Waals surface area contributed by atoms with E-state index in [-0.39, 0.29) is 11.6 Å². The summed E-state index contributed by atoms with van der Waals surface area (Å²) in [5, 5.41) is 7.98. The molecule has 2 N–H and O–H groups in total.